The molecule has 0 aromatic carbocycles. The van der Waals surface area contributed by atoms with E-state index >= 15 is 0 Å². The predicted octanol–water partition coefficient (Wildman–Crippen LogP) is 0.751. The maximum absolute atomic E-state index is 12.2. The second-order valence-corrected chi connectivity index (χ2v) is 5.05. The van der Waals surface area contributed by atoms with Gasteiger partial charge in [0.15, 0.2) is 0 Å². The van der Waals surface area contributed by atoms with Crippen molar-refractivity contribution in [1.29, 1.82) is 0 Å². The van der Waals surface area contributed by atoms with Crippen LogP contribution in [0.4, 0.5) is 0 Å². The first-order valence-electron chi connectivity index (χ1n) is 6.34. The second-order valence-electron chi connectivity index (χ2n) is 5.05. The predicted molar refractivity (Wildman–Crippen MR) is 61.9 cm³/mol. The number of amides is 1. The number of carbonyl (C=O) groups is 1. The molecule has 0 spiro atoms. The Morgan fingerprint density at radius 3 is 2.94 bits per heavy atom. The molecule has 2 fully saturated rings. The summed E-state index contributed by atoms with van der Waals surface area (Å²) in [7, 11) is 0. The van der Waals surface area contributed by atoms with Crippen molar-refractivity contribution in [3.63, 3.8) is 0 Å². The van der Waals surface area contributed by atoms with Crippen LogP contribution < -0.4 is 5.73 Å². The Balaban J connectivity index is 1.98. The Morgan fingerprint density at radius 1 is 1.50 bits per heavy atom. The minimum absolute atomic E-state index is 0.167. The number of hydrogen-bond donors (Lipinski definition) is 1. The number of likely N-dealkylation sites (tertiary alicyclic amines) is 1. The molecule has 0 aromatic rings. The van der Waals surface area contributed by atoms with Gasteiger partial charge in [-0.15, -0.1) is 0 Å². The van der Waals surface area contributed by atoms with Gasteiger partial charge in [0.05, 0.1) is 0 Å². The van der Waals surface area contributed by atoms with E-state index in [2.05, 4.69) is 6.92 Å². The number of hydrogen-bond acceptors (Lipinski definition) is 3. The molecule has 0 aliphatic carbocycles. The van der Waals surface area contributed by atoms with Crippen molar-refractivity contribution >= 4 is 5.91 Å². The van der Waals surface area contributed by atoms with Crippen LogP contribution in [0.1, 0.15) is 32.6 Å². The monoisotopic (exact) mass is 226 g/mol. The largest absolute Gasteiger partial charge is 0.368 e. The minimum atomic E-state index is -0.192. The zero-order valence-corrected chi connectivity index (χ0v) is 10.0. The molecule has 0 saturated carbocycles. The molecule has 2 aliphatic heterocycles. The zero-order chi connectivity index (χ0) is 11.5. The first kappa shape index (κ1) is 11.9. The summed E-state index contributed by atoms with van der Waals surface area (Å²) in [5, 5.41) is 0. The normalized spacial score (nSPS) is 35.4. The van der Waals surface area contributed by atoms with Crippen molar-refractivity contribution in [3.8, 4) is 0 Å². The molecule has 0 bridgehead atoms. The van der Waals surface area contributed by atoms with Crippen LogP contribution in [0.5, 0.6) is 0 Å². The fourth-order valence-electron chi connectivity index (χ4n) is 2.72. The molecule has 92 valence electrons. The van der Waals surface area contributed by atoms with Gasteiger partial charge in [0.25, 0.3) is 5.91 Å². The number of nitrogens with zero attached hydrogens (tertiary/aromatic N) is 1. The van der Waals surface area contributed by atoms with Gasteiger partial charge in [-0.1, -0.05) is 6.92 Å². The lowest BCUT2D eigenvalue weighted by atomic mass is 9.92. The number of rotatable bonds is 2. The third-order valence-electron chi connectivity index (χ3n) is 3.74. The third kappa shape index (κ3) is 2.38. The smallest absolute Gasteiger partial charge is 0.251 e. The van der Waals surface area contributed by atoms with Gasteiger partial charge in [-0.05, 0) is 31.6 Å². The molecule has 2 aliphatic rings. The summed E-state index contributed by atoms with van der Waals surface area (Å²) in [6, 6.07) is 0.223. The lowest BCUT2D eigenvalue weighted by molar-refractivity contribution is -0.145. The number of piperidine rings is 1. The fraction of sp³-hybridized carbons (Fsp3) is 0.917. The maximum Gasteiger partial charge on any atom is 0.251 e. The van der Waals surface area contributed by atoms with E-state index in [1.165, 1.54) is 0 Å². The molecule has 0 radical (unpaired) electrons. The molecule has 2 saturated heterocycles. The van der Waals surface area contributed by atoms with Crippen molar-refractivity contribution in [3.05, 3.63) is 0 Å². The first-order chi connectivity index (χ1) is 7.72. The van der Waals surface area contributed by atoms with Crippen LogP contribution in [0.15, 0.2) is 0 Å². The summed E-state index contributed by atoms with van der Waals surface area (Å²) in [6.45, 7) is 4.38. The van der Waals surface area contributed by atoms with Crippen molar-refractivity contribution in [2.75, 3.05) is 19.7 Å². The van der Waals surface area contributed by atoms with E-state index in [1.807, 2.05) is 4.90 Å². The van der Waals surface area contributed by atoms with E-state index in [1.54, 1.807) is 0 Å². The molecular weight excluding hydrogens is 204 g/mol. The topological polar surface area (TPSA) is 55.6 Å². The van der Waals surface area contributed by atoms with Crippen molar-refractivity contribution in [2.45, 2.75) is 44.8 Å². The maximum atomic E-state index is 12.2. The highest BCUT2D eigenvalue weighted by Gasteiger charge is 2.34. The van der Waals surface area contributed by atoms with Crippen LogP contribution in [-0.4, -0.2) is 42.6 Å². The number of nitrogens with two attached hydrogens (primary N) is 1. The van der Waals surface area contributed by atoms with E-state index in [4.69, 9.17) is 10.5 Å². The molecule has 1 amide bonds. The molecule has 4 heteroatoms. The molecule has 3 atom stereocenters. The standard InChI is InChI=1S/C12H22N2O2/c1-9-4-5-14(10(7-9)8-13)12(15)11-3-2-6-16-11/h9-11H,2-8,13H2,1H3/t9?,10?,11-/m0/s1. The quantitative estimate of drug-likeness (QED) is 0.756. The van der Waals surface area contributed by atoms with Gasteiger partial charge in [0.1, 0.15) is 6.10 Å². The highest BCUT2D eigenvalue weighted by atomic mass is 16.5. The van der Waals surface area contributed by atoms with Crippen molar-refractivity contribution in [2.24, 2.45) is 11.7 Å². The van der Waals surface area contributed by atoms with Crippen LogP contribution in [0.25, 0.3) is 0 Å². The molecule has 16 heavy (non-hydrogen) atoms. The van der Waals surface area contributed by atoms with Crippen LogP contribution >= 0.6 is 0 Å². The van der Waals surface area contributed by atoms with Gasteiger partial charge >= 0.3 is 0 Å². The second kappa shape index (κ2) is 5.15. The molecule has 0 aromatic heterocycles. The Labute approximate surface area is 97.1 Å². The first-order valence-corrected chi connectivity index (χ1v) is 6.34. The highest BCUT2D eigenvalue weighted by Crippen LogP contribution is 2.24. The molecular formula is C12H22N2O2. The third-order valence-corrected chi connectivity index (χ3v) is 3.74. The van der Waals surface area contributed by atoms with Gasteiger partial charge < -0.3 is 15.4 Å². The van der Waals surface area contributed by atoms with E-state index in [-0.39, 0.29) is 18.1 Å². The summed E-state index contributed by atoms with van der Waals surface area (Å²) in [5.41, 5.74) is 5.76. The number of carbonyl (C=O) groups excluding carboxylic acids is 1. The fourth-order valence-corrected chi connectivity index (χ4v) is 2.72. The summed E-state index contributed by atoms with van der Waals surface area (Å²) in [6.07, 6.45) is 3.82. The molecule has 2 heterocycles. The van der Waals surface area contributed by atoms with Crippen molar-refractivity contribution in [1.82, 2.24) is 4.90 Å². The van der Waals surface area contributed by atoms with Crippen LogP contribution in [0.2, 0.25) is 0 Å². The van der Waals surface area contributed by atoms with Crippen LogP contribution in [0, 0.1) is 5.92 Å². The molecule has 2 rings (SSSR count). The van der Waals surface area contributed by atoms with E-state index in [0.717, 1.165) is 38.8 Å². The Bertz CT molecular complexity index is 251. The Morgan fingerprint density at radius 2 is 2.31 bits per heavy atom. The summed E-state index contributed by atoms with van der Waals surface area (Å²) in [5.74, 6) is 0.849. The van der Waals surface area contributed by atoms with Gasteiger partial charge in [0, 0.05) is 25.7 Å². The average Bonchev–Trinajstić information content (AvgIpc) is 2.81. The lowest BCUT2D eigenvalue weighted by Crippen LogP contribution is -2.52. The number of ether oxygens (including phenoxy) is 1. The SMILES string of the molecule is CC1CCN(C(=O)[C@@H]2CCCO2)C(CN)C1. The summed E-state index contributed by atoms with van der Waals surface area (Å²) < 4.78 is 5.46. The van der Waals surface area contributed by atoms with E-state index in [9.17, 15) is 4.79 Å². The highest BCUT2D eigenvalue weighted by molar-refractivity contribution is 5.81. The van der Waals surface area contributed by atoms with Crippen LogP contribution in [0.3, 0.4) is 0 Å². The molecule has 2 N–H and O–H groups in total. The van der Waals surface area contributed by atoms with E-state index in [0.29, 0.717) is 12.5 Å². The van der Waals surface area contributed by atoms with Crippen molar-refractivity contribution < 1.29 is 9.53 Å². The molecule has 2 unspecified atom stereocenters. The summed E-state index contributed by atoms with van der Waals surface area (Å²) >= 11 is 0. The minimum Gasteiger partial charge on any atom is -0.368 e. The van der Waals surface area contributed by atoms with E-state index < -0.39 is 0 Å². The Kier molecular flexibility index (Phi) is 3.82. The Hall–Kier alpha value is -0.610. The lowest BCUT2D eigenvalue weighted by Gasteiger charge is -2.39. The average molecular weight is 226 g/mol. The molecule has 4 nitrogen and oxygen atoms in total. The summed E-state index contributed by atoms with van der Waals surface area (Å²) in [4.78, 5) is 14.2. The van der Waals surface area contributed by atoms with Gasteiger partial charge in [0.2, 0.25) is 0 Å². The van der Waals surface area contributed by atoms with Gasteiger partial charge in [-0.25, -0.2) is 0 Å². The van der Waals surface area contributed by atoms with Gasteiger partial charge in [-0.2, -0.15) is 0 Å². The van der Waals surface area contributed by atoms with Gasteiger partial charge in [-0.3, -0.25) is 4.79 Å². The zero-order valence-electron chi connectivity index (χ0n) is 10.0. The van der Waals surface area contributed by atoms with Crippen LogP contribution in [-0.2, 0) is 9.53 Å².